The second kappa shape index (κ2) is 10.8. The van der Waals surface area contributed by atoms with Crippen LogP contribution in [0.25, 0.3) is 0 Å². The molecule has 0 aromatic carbocycles. The molecule has 1 N–H and O–H groups in total. The van der Waals surface area contributed by atoms with Crippen LogP contribution in [0, 0.1) is 0 Å². The van der Waals surface area contributed by atoms with Gasteiger partial charge in [0, 0.05) is 19.8 Å². The standard InChI is InChI=1S/C14H26O3/c15-11-7-4-2-1-3-5-8-12-16-14-10-6-9-13-17-14/h2,4,14-15H,1,3,5-13H2/b4-2+. The molecule has 1 fully saturated rings. The molecule has 0 aliphatic carbocycles. The number of unbranched alkanes of at least 4 members (excludes halogenated alkanes) is 3. The van der Waals surface area contributed by atoms with E-state index in [0.717, 1.165) is 38.9 Å². The quantitative estimate of drug-likeness (QED) is 0.499. The topological polar surface area (TPSA) is 38.7 Å². The van der Waals surface area contributed by atoms with Crippen molar-refractivity contribution in [3.8, 4) is 0 Å². The van der Waals surface area contributed by atoms with Crippen molar-refractivity contribution in [1.29, 1.82) is 0 Å². The van der Waals surface area contributed by atoms with Crippen LogP contribution in [0.1, 0.15) is 51.4 Å². The fourth-order valence-electron chi connectivity index (χ4n) is 1.91. The third kappa shape index (κ3) is 8.36. The Kier molecular flexibility index (Phi) is 9.29. The van der Waals surface area contributed by atoms with Crippen LogP contribution in [0.5, 0.6) is 0 Å². The van der Waals surface area contributed by atoms with Gasteiger partial charge in [0.2, 0.25) is 0 Å². The molecule has 1 atom stereocenters. The van der Waals surface area contributed by atoms with E-state index >= 15 is 0 Å². The van der Waals surface area contributed by atoms with E-state index in [1.807, 2.05) is 6.08 Å². The van der Waals surface area contributed by atoms with Gasteiger partial charge in [-0.2, -0.15) is 0 Å². The van der Waals surface area contributed by atoms with Crippen LogP contribution in [-0.4, -0.2) is 31.2 Å². The van der Waals surface area contributed by atoms with Gasteiger partial charge in [-0.3, -0.25) is 0 Å². The van der Waals surface area contributed by atoms with Crippen LogP contribution in [0.3, 0.4) is 0 Å². The first-order chi connectivity index (χ1) is 8.43. The second-order valence-corrected chi connectivity index (χ2v) is 4.50. The SMILES string of the molecule is OCC/C=C/CCCCCOC1CCCCO1. The lowest BCUT2D eigenvalue weighted by molar-refractivity contribution is -0.162. The van der Waals surface area contributed by atoms with Gasteiger partial charge in [-0.25, -0.2) is 0 Å². The van der Waals surface area contributed by atoms with Gasteiger partial charge >= 0.3 is 0 Å². The van der Waals surface area contributed by atoms with Crippen molar-refractivity contribution < 1.29 is 14.6 Å². The summed E-state index contributed by atoms with van der Waals surface area (Å²) >= 11 is 0. The first-order valence-corrected chi connectivity index (χ1v) is 6.92. The molecule has 0 amide bonds. The Hall–Kier alpha value is -0.380. The van der Waals surface area contributed by atoms with E-state index in [0.29, 0.717) is 0 Å². The minimum absolute atomic E-state index is 0.0631. The molecule has 100 valence electrons. The van der Waals surface area contributed by atoms with Gasteiger partial charge in [-0.1, -0.05) is 18.6 Å². The summed E-state index contributed by atoms with van der Waals surface area (Å²) in [5.74, 6) is 0. The van der Waals surface area contributed by atoms with Gasteiger partial charge in [0.15, 0.2) is 6.29 Å². The van der Waals surface area contributed by atoms with Crippen molar-refractivity contribution in [2.75, 3.05) is 19.8 Å². The van der Waals surface area contributed by atoms with E-state index in [2.05, 4.69) is 6.08 Å². The van der Waals surface area contributed by atoms with Gasteiger partial charge < -0.3 is 14.6 Å². The number of rotatable bonds is 9. The molecule has 0 aromatic rings. The molecule has 1 saturated heterocycles. The van der Waals surface area contributed by atoms with Gasteiger partial charge in [0.25, 0.3) is 0 Å². The lowest BCUT2D eigenvalue weighted by atomic mass is 10.2. The molecule has 3 nitrogen and oxygen atoms in total. The first kappa shape index (κ1) is 14.7. The van der Waals surface area contributed by atoms with Crippen molar-refractivity contribution in [2.24, 2.45) is 0 Å². The zero-order chi connectivity index (χ0) is 12.2. The minimum Gasteiger partial charge on any atom is -0.396 e. The Bertz CT molecular complexity index is 186. The van der Waals surface area contributed by atoms with E-state index in [1.165, 1.54) is 25.7 Å². The molecular weight excluding hydrogens is 216 g/mol. The summed E-state index contributed by atoms with van der Waals surface area (Å²) in [6.07, 6.45) is 13.2. The molecule has 3 heteroatoms. The Morgan fingerprint density at radius 1 is 1.12 bits per heavy atom. The Labute approximate surface area is 105 Å². The summed E-state index contributed by atoms with van der Waals surface area (Å²) in [6.45, 7) is 1.94. The van der Waals surface area contributed by atoms with Crippen LogP contribution in [0.15, 0.2) is 12.2 Å². The van der Waals surface area contributed by atoms with E-state index in [-0.39, 0.29) is 12.9 Å². The molecule has 1 unspecified atom stereocenters. The maximum absolute atomic E-state index is 8.58. The summed E-state index contributed by atoms with van der Waals surface area (Å²) in [4.78, 5) is 0. The number of ether oxygens (including phenoxy) is 2. The van der Waals surface area contributed by atoms with Crippen molar-refractivity contribution in [2.45, 2.75) is 57.7 Å². The lowest BCUT2D eigenvalue weighted by Gasteiger charge is -2.22. The number of aliphatic hydroxyl groups is 1. The fraction of sp³-hybridized carbons (Fsp3) is 0.857. The average molecular weight is 242 g/mol. The van der Waals surface area contributed by atoms with Gasteiger partial charge in [-0.05, 0) is 44.9 Å². The van der Waals surface area contributed by atoms with Crippen molar-refractivity contribution in [3.63, 3.8) is 0 Å². The molecule has 0 saturated carbocycles. The van der Waals surface area contributed by atoms with Crippen LogP contribution in [0.2, 0.25) is 0 Å². The highest BCUT2D eigenvalue weighted by molar-refractivity contribution is 4.80. The molecular formula is C14H26O3. The molecule has 0 bridgehead atoms. The molecule has 1 aliphatic rings. The average Bonchev–Trinajstić information content (AvgIpc) is 2.38. The Morgan fingerprint density at radius 3 is 2.76 bits per heavy atom. The zero-order valence-corrected chi connectivity index (χ0v) is 10.8. The predicted molar refractivity (Wildman–Crippen MR) is 68.9 cm³/mol. The lowest BCUT2D eigenvalue weighted by Crippen LogP contribution is -2.22. The Morgan fingerprint density at radius 2 is 2.00 bits per heavy atom. The van der Waals surface area contributed by atoms with Crippen LogP contribution in [0.4, 0.5) is 0 Å². The van der Waals surface area contributed by atoms with Crippen molar-refractivity contribution >= 4 is 0 Å². The number of aliphatic hydroxyl groups excluding tert-OH is 1. The summed E-state index contributed by atoms with van der Waals surface area (Å²) in [7, 11) is 0. The van der Waals surface area contributed by atoms with E-state index in [9.17, 15) is 0 Å². The van der Waals surface area contributed by atoms with Crippen LogP contribution < -0.4 is 0 Å². The van der Waals surface area contributed by atoms with Crippen LogP contribution in [-0.2, 0) is 9.47 Å². The molecule has 1 aliphatic heterocycles. The second-order valence-electron chi connectivity index (χ2n) is 4.50. The van der Waals surface area contributed by atoms with E-state index < -0.39 is 0 Å². The third-order valence-corrected chi connectivity index (χ3v) is 2.92. The highest BCUT2D eigenvalue weighted by Crippen LogP contribution is 2.14. The van der Waals surface area contributed by atoms with Crippen LogP contribution >= 0.6 is 0 Å². The highest BCUT2D eigenvalue weighted by atomic mass is 16.7. The molecule has 17 heavy (non-hydrogen) atoms. The normalized spacial score (nSPS) is 21.1. The zero-order valence-electron chi connectivity index (χ0n) is 10.8. The molecule has 1 rings (SSSR count). The van der Waals surface area contributed by atoms with E-state index in [4.69, 9.17) is 14.6 Å². The number of hydrogen-bond acceptors (Lipinski definition) is 3. The number of hydrogen-bond donors (Lipinski definition) is 1. The van der Waals surface area contributed by atoms with Gasteiger partial charge in [0.05, 0.1) is 0 Å². The summed E-state index contributed by atoms with van der Waals surface area (Å²) in [5.41, 5.74) is 0. The maximum Gasteiger partial charge on any atom is 0.157 e. The monoisotopic (exact) mass is 242 g/mol. The van der Waals surface area contributed by atoms with Crippen molar-refractivity contribution in [3.05, 3.63) is 12.2 Å². The largest absolute Gasteiger partial charge is 0.396 e. The fourth-order valence-corrected chi connectivity index (χ4v) is 1.91. The van der Waals surface area contributed by atoms with E-state index in [1.54, 1.807) is 0 Å². The van der Waals surface area contributed by atoms with Gasteiger partial charge in [0.1, 0.15) is 0 Å². The summed E-state index contributed by atoms with van der Waals surface area (Å²) in [6, 6.07) is 0. The van der Waals surface area contributed by atoms with Crippen molar-refractivity contribution in [1.82, 2.24) is 0 Å². The molecule has 1 heterocycles. The van der Waals surface area contributed by atoms with Gasteiger partial charge in [-0.15, -0.1) is 0 Å². The molecule has 0 radical (unpaired) electrons. The smallest absolute Gasteiger partial charge is 0.157 e. The predicted octanol–water partition coefficient (Wildman–Crippen LogP) is 3.03. The molecule has 0 aromatic heterocycles. The maximum atomic E-state index is 8.58. The Balaban J connectivity index is 1.80. The summed E-state index contributed by atoms with van der Waals surface area (Å²) in [5, 5.41) is 8.58. The minimum atomic E-state index is 0.0631. The molecule has 0 spiro atoms. The number of allylic oxidation sites excluding steroid dienone is 1. The summed E-state index contributed by atoms with van der Waals surface area (Å²) < 4.78 is 11.1. The third-order valence-electron chi connectivity index (χ3n) is 2.92. The first-order valence-electron chi connectivity index (χ1n) is 6.92. The highest BCUT2D eigenvalue weighted by Gasteiger charge is 2.12.